The third-order valence-electron chi connectivity index (χ3n) is 4.81. The predicted octanol–water partition coefficient (Wildman–Crippen LogP) is 1.27. The van der Waals surface area contributed by atoms with Crippen LogP contribution in [0.2, 0.25) is 0 Å². The molecule has 96 valence electrons. The summed E-state index contributed by atoms with van der Waals surface area (Å²) in [6.07, 6.45) is 6.20. The topological polar surface area (TPSA) is 35.6 Å². The zero-order chi connectivity index (χ0) is 11.8. The van der Waals surface area contributed by atoms with Gasteiger partial charge in [0.25, 0.3) is 0 Å². The molecule has 1 aliphatic carbocycles. The number of hydrogen-bond donors (Lipinski definition) is 1. The SMILES string of the molecule is CN(C(=O)N1C[C@@H]2CCN[C@@H]2C1)C1CCCC1. The van der Waals surface area contributed by atoms with Crippen LogP contribution in [-0.4, -0.2) is 54.6 Å². The molecule has 0 aromatic rings. The van der Waals surface area contributed by atoms with Gasteiger partial charge in [-0.25, -0.2) is 4.79 Å². The zero-order valence-corrected chi connectivity index (χ0v) is 10.7. The van der Waals surface area contributed by atoms with Crippen LogP contribution in [0.4, 0.5) is 4.79 Å². The number of carbonyl (C=O) groups excluding carboxylic acids is 1. The number of urea groups is 1. The molecule has 0 radical (unpaired) electrons. The fourth-order valence-corrected chi connectivity index (χ4v) is 3.68. The van der Waals surface area contributed by atoms with E-state index in [1.165, 1.54) is 32.1 Å². The van der Waals surface area contributed by atoms with Crippen LogP contribution in [0.5, 0.6) is 0 Å². The van der Waals surface area contributed by atoms with Crippen molar-refractivity contribution in [2.24, 2.45) is 5.92 Å². The highest BCUT2D eigenvalue weighted by Crippen LogP contribution is 2.27. The first-order valence-corrected chi connectivity index (χ1v) is 7.01. The summed E-state index contributed by atoms with van der Waals surface area (Å²) in [5.41, 5.74) is 0. The van der Waals surface area contributed by atoms with Crippen molar-refractivity contribution in [3.8, 4) is 0 Å². The summed E-state index contributed by atoms with van der Waals surface area (Å²) < 4.78 is 0. The summed E-state index contributed by atoms with van der Waals surface area (Å²) in [6.45, 7) is 3.02. The average Bonchev–Trinajstić information content (AvgIpc) is 3.01. The monoisotopic (exact) mass is 237 g/mol. The van der Waals surface area contributed by atoms with Gasteiger partial charge in [-0.15, -0.1) is 0 Å². The smallest absolute Gasteiger partial charge is 0.320 e. The van der Waals surface area contributed by atoms with E-state index >= 15 is 0 Å². The van der Waals surface area contributed by atoms with Crippen molar-refractivity contribution in [2.45, 2.75) is 44.2 Å². The molecule has 4 nitrogen and oxygen atoms in total. The number of fused-ring (bicyclic) bond motifs is 1. The molecule has 0 bridgehead atoms. The van der Waals surface area contributed by atoms with Crippen molar-refractivity contribution in [3.63, 3.8) is 0 Å². The Labute approximate surface area is 103 Å². The van der Waals surface area contributed by atoms with Crippen molar-refractivity contribution in [3.05, 3.63) is 0 Å². The lowest BCUT2D eigenvalue weighted by Gasteiger charge is -2.29. The number of rotatable bonds is 1. The molecule has 4 heteroatoms. The molecule has 2 atom stereocenters. The molecular weight excluding hydrogens is 214 g/mol. The van der Waals surface area contributed by atoms with Gasteiger partial charge in [0.2, 0.25) is 0 Å². The lowest BCUT2D eigenvalue weighted by Crippen LogP contribution is -2.45. The Morgan fingerprint density at radius 1 is 1.24 bits per heavy atom. The molecule has 2 amide bonds. The molecule has 1 N–H and O–H groups in total. The van der Waals surface area contributed by atoms with Crippen molar-refractivity contribution < 1.29 is 4.79 Å². The molecule has 3 fully saturated rings. The normalized spacial score (nSPS) is 33.1. The van der Waals surface area contributed by atoms with Gasteiger partial charge in [0.1, 0.15) is 0 Å². The maximum absolute atomic E-state index is 12.4. The second-order valence-electron chi connectivity index (χ2n) is 5.85. The van der Waals surface area contributed by atoms with Gasteiger partial charge in [0.05, 0.1) is 0 Å². The van der Waals surface area contributed by atoms with Gasteiger partial charge in [-0.1, -0.05) is 12.8 Å². The van der Waals surface area contributed by atoms with Crippen LogP contribution >= 0.6 is 0 Å². The molecule has 0 aromatic heterocycles. The second-order valence-corrected chi connectivity index (χ2v) is 5.85. The van der Waals surface area contributed by atoms with E-state index in [0.29, 0.717) is 18.0 Å². The van der Waals surface area contributed by atoms with E-state index in [9.17, 15) is 4.79 Å². The number of carbonyl (C=O) groups is 1. The Morgan fingerprint density at radius 2 is 2.00 bits per heavy atom. The Bertz CT molecular complexity index is 289. The van der Waals surface area contributed by atoms with Gasteiger partial charge in [0.15, 0.2) is 0 Å². The van der Waals surface area contributed by atoms with Crippen LogP contribution in [0.1, 0.15) is 32.1 Å². The van der Waals surface area contributed by atoms with Gasteiger partial charge >= 0.3 is 6.03 Å². The summed E-state index contributed by atoms with van der Waals surface area (Å²) in [5, 5.41) is 3.50. The van der Waals surface area contributed by atoms with E-state index in [1.807, 2.05) is 11.9 Å². The minimum atomic E-state index is 0.257. The first-order valence-electron chi connectivity index (χ1n) is 7.01. The van der Waals surface area contributed by atoms with Crippen LogP contribution in [0.3, 0.4) is 0 Å². The maximum atomic E-state index is 12.4. The molecule has 1 saturated carbocycles. The maximum Gasteiger partial charge on any atom is 0.320 e. The molecule has 2 aliphatic heterocycles. The van der Waals surface area contributed by atoms with Gasteiger partial charge in [-0.3, -0.25) is 0 Å². The minimum Gasteiger partial charge on any atom is -0.325 e. The Balaban J connectivity index is 1.59. The standard InChI is InChI=1S/C13H23N3O/c1-15(11-4-2-3-5-11)13(17)16-8-10-6-7-14-12(10)9-16/h10-12,14H,2-9H2,1H3/t10-,12+/m0/s1. The Kier molecular flexibility index (Phi) is 2.99. The van der Waals surface area contributed by atoms with E-state index < -0.39 is 0 Å². The van der Waals surface area contributed by atoms with Gasteiger partial charge < -0.3 is 15.1 Å². The van der Waals surface area contributed by atoms with Crippen molar-refractivity contribution in [1.29, 1.82) is 0 Å². The minimum absolute atomic E-state index is 0.257. The molecule has 3 rings (SSSR count). The summed E-state index contributed by atoms with van der Waals surface area (Å²) in [7, 11) is 1.99. The Hall–Kier alpha value is -0.770. The third-order valence-corrected chi connectivity index (χ3v) is 4.81. The van der Waals surface area contributed by atoms with Gasteiger partial charge in [-0.2, -0.15) is 0 Å². The molecule has 0 aromatic carbocycles. The molecule has 3 aliphatic rings. The first kappa shape index (κ1) is 11.3. The van der Waals surface area contributed by atoms with E-state index in [0.717, 1.165) is 19.6 Å². The summed E-state index contributed by atoms with van der Waals surface area (Å²) in [6, 6.07) is 1.32. The van der Waals surface area contributed by atoms with E-state index in [2.05, 4.69) is 10.2 Å². The molecule has 2 saturated heterocycles. The second kappa shape index (κ2) is 4.48. The summed E-state index contributed by atoms with van der Waals surface area (Å²) >= 11 is 0. The summed E-state index contributed by atoms with van der Waals surface area (Å²) in [4.78, 5) is 16.4. The number of nitrogens with one attached hydrogen (secondary N) is 1. The van der Waals surface area contributed by atoms with Crippen LogP contribution in [0.25, 0.3) is 0 Å². The highest BCUT2D eigenvalue weighted by atomic mass is 16.2. The van der Waals surface area contributed by atoms with Crippen molar-refractivity contribution in [2.75, 3.05) is 26.7 Å². The van der Waals surface area contributed by atoms with Gasteiger partial charge in [-0.05, 0) is 31.7 Å². The summed E-state index contributed by atoms with van der Waals surface area (Å²) in [5.74, 6) is 0.705. The number of amides is 2. The fourth-order valence-electron chi connectivity index (χ4n) is 3.68. The molecule has 2 heterocycles. The zero-order valence-electron chi connectivity index (χ0n) is 10.7. The van der Waals surface area contributed by atoms with Crippen molar-refractivity contribution >= 4 is 6.03 Å². The van der Waals surface area contributed by atoms with E-state index in [-0.39, 0.29) is 6.03 Å². The van der Waals surface area contributed by atoms with Crippen LogP contribution in [0.15, 0.2) is 0 Å². The lowest BCUT2D eigenvalue weighted by atomic mass is 10.1. The predicted molar refractivity (Wildman–Crippen MR) is 66.9 cm³/mol. The van der Waals surface area contributed by atoms with E-state index in [1.54, 1.807) is 0 Å². The molecule has 0 spiro atoms. The highest BCUT2D eigenvalue weighted by Gasteiger charge is 2.39. The number of hydrogen-bond acceptors (Lipinski definition) is 2. The highest BCUT2D eigenvalue weighted by molar-refractivity contribution is 5.75. The first-order chi connectivity index (χ1) is 8.25. The van der Waals surface area contributed by atoms with Crippen LogP contribution in [-0.2, 0) is 0 Å². The average molecular weight is 237 g/mol. The lowest BCUT2D eigenvalue weighted by molar-refractivity contribution is 0.153. The number of likely N-dealkylation sites (tertiary alicyclic amines) is 1. The molecule has 17 heavy (non-hydrogen) atoms. The van der Waals surface area contributed by atoms with Crippen LogP contribution < -0.4 is 5.32 Å². The molecule has 0 unspecified atom stereocenters. The number of nitrogens with zero attached hydrogens (tertiary/aromatic N) is 2. The Morgan fingerprint density at radius 3 is 2.71 bits per heavy atom. The van der Waals surface area contributed by atoms with Crippen LogP contribution in [0, 0.1) is 5.92 Å². The third kappa shape index (κ3) is 2.03. The molecular formula is C13H23N3O. The fraction of sp³-hybridized carbons (Fsp3) is 0.923. The van der Waals surface area contributed by atoms with Gasteiger partial charge in [0, 0.05) is 32.2 Å². The van der Waals surface area contributed by atoms with E-state index in [4.69, 9.17) is 0 Å². The van der Waals surface area contributed by atoms with Crippen molar-refractivity contribution in [1.82, 2.24) is 15.1 Å². The largest absolute Gasteiger partial charge is 0.325 e. The quantitative estimate of drug-likeness (QED) is 0.745.